The summed E-state index contributed by atoms with van der Waals surface area (Å²) in [6.45, 7) is 4.53. The number of nitrogens with zero attached hydrogens (tertiary/aromatic N) is 1. The smallest absolute Gasteiger partial charge is 0.224 e. The first kappa shape index (κ1) is 14.4. The monoisotopic (exact) mass is 284 g/mol. The topological polar surface area (TPSA) is 45.5 Å². The van der Waals surface area contributed by atoms with E-state index in [4.69, 9.17) is 16.0 Å². The van der Waals surface area contributed by atoms with Crippen LogP contribution in [0.5, 0.6) is 0 Å². The van der Waals surface area contributed by atoms with Crippen LogP contribution in [0, 0.1) is 5.92 Å². The maximum atomic E-state index is 11.8. The number of nitrogens with one attached hydrogen (secondary N) is 1. The highest BCUT2D eigenvalue weighted by Crippen LogP contribution is 2.24. The molecule has 1 aliphatic heterocycles. The Morgan fingerprint density at radius 2 is 2.26 bits per heavy atom. The van der Waals surface area contributed by atoms with E-state index in [0.717, 1.165) is 18.8 Å². The lowest BCUT2D eigenvalue weighted by molar-refractivity contribution is -0.124. The van der Waals surface area contributed by atoms with Crippen LogP contribution in [0.25, 0.3) is 0 Å². The normalized spacial score (nSPS) is 19.3. The number of likely N-dealkylation sites (tertiary alicyclic amines) is 1. The summed E-state index contributed by atoms with van der Waals surface area (Å²) in [6.07, 6.45) is 4.11. The van der Waals surface area contributed by atoms with Crippen LogP contribution in [0.15, 0.2) is 22.8 Å². The van der Waals surface area contributed by atoms with Gasteiger partial charge in [0.25, 0.3) is 0 Å². The molecule has 0 bridgehead atoms. The van der Waals surface area contributed by atoms with E-state index in [1.165, 1.54) is 12.8 Å². The Balaban J connectivity index is 1.96. The van der Waals surface area contributed by atoms with Gasteiger partial charge >= 0.3 is 0 Å². The SMILES string of the molecule is CC(CCl)C(=O)NCC(c1ccco1)N1CCCC1. The highest BCUT2D eigenvalue weighted by Gasteiger charge is 2.26. The third kappa shape index (κ3) is 3.74. The number of rotatable bonds is 6. The number of hydrogen-bond acceptors (Lipinski definition) is 3. The first-order valence-corrected chi connectivity index (χ1v) is 7.37. The zero-order chi connectivity index (χ0) is 13.7. The van der Waals surface area contributed by atoms with Crippen molar-refractivity contribution in [3.63, 3.8) is 0 Å². The molecule has 4 nitrogen and oxygen atoms in total. The molecular formula is C14H21ClN2O2. The maximum absolute atomic E-state index is 11.8. The van der Waals surface area contributed by atoms with E-state index in [9.17, 15) is 4.79 Å². The molecule has 1 aromatic heterocycles. The van der Waals surface area contributed by atoms with E-state index in [-0.39, 0.29) is 17.9 Å². The number of amides is 1. The van der Waals surface area contributed by atoms with Crippen molar-refractivity contribution in [3.8, 4) is 0 Å². The molecule has 0 aliphatic carbocycles. The quantitative estimate of drug-likeness (QED) is 0.816. The highest BCUT2D eigenvalue weighted by molar-refractivity contribution is 6.19. The van der Waals surface area contributed by atoms with Crippen LogP contribution in [0.4, 0.5) is 0 Å². The summed E-state index contributed by atoms with van der Waals surface area (Å²) in [5.74, 6) is 1.12. The van der Waals surface area contributed by atoms with Crippen molar-refractivity contribution in [3.05, 3.63) is 24.2 Å². The number of carbonyl (C=O) groups is 1. The van der Waals surface area contributed by atoms with Gasteiger partial charge < -0.3 is 9.73 Å². The third-order valence-corrected chi connectivity index (χ3v) is 4.06. The average molecular weight is 285 g/mol. The third-order valence-electron chi connectivity index (χ3n) is 3.60. The van der Waals surface area contributed by atoms with Gasteiger partial charge in [-0.25, -0.2) is 0 Å². The van der Waals surface area contributed by atoms with E-state index < -0.39 is 0 Å². The minimum absolute atomic E-state index is 0.00533. The van der Waals surface area contributed by atoms with Crippen LogP contribution >= 0.6 is 11.6 Å². The Morgan fingerprint density at radius 1 is 1.53 bits per heavy atom. The first-order valence-electron chi connectivity index (χ1n) is 6.83. The highest BCUT2D eigenvalue weighted by atomic mass is 35.5. The van der Waals surface area contributed by atoms with Crippen molar-refractivity contribution in [1.29, 1.82) is 0 Å². The Labute approximate surface area is 119 Å². The van der Waals surface area contributed by atoms with Gasteiger partial charge in [-0.05, 0) is 38.1 Å². The van der Waals surface area contributed by atoms with E-state index in [2.05, 4.69) is 10.2 Å². The summed E-state index contributed by atoms with van der Waals surface area (Å²) >= 11 is 5.70. The fourth-order valence-electron chi connectivity index (χ4n) is 2.39. The average Bonchev–Trinajstić information content (AvgIpc) is 3.11. The van der Waals surface area contributed by atoms with Crippen LogP contribution in [-0.4, -0.2) is 36.3 Å². The molecule has 1 saturated heterocycles. The van der Waals surface area contributed by atoms with Crippen molar-refractivity contribution in [2.24, 2.45) is 5.92 Å². The summed E-state index contributed by atoms with van der Waals surface area (Å²) in [4.78, 5) is 14.2. The Kier molecular flexibility index (Phi) is 5.28. The molecule has 0 aromatic carbocycles. The van der Waals surface area contributed by atoms with Crippen LogP contribution in [0.1, 0.15) is 31.6 Å². The molecule has 1 amide bonds. The Bertz CT molecular complexity index is 388. The van der Waals surface area contributed by atoms with Gasteiger partial charge in [0, 0.05) is 18.3 Å². The second-order valence-electron chi connectivity index (χ2n) is 5.07. The molecule has 0 spiro atoms. The summed E-state index contributed by atoms with van der Waals surface area (Å²) in [7, 11) is 0. The molecule has 19 heavy (non-hydrogen) atoms. The molecule has 1 aliphatic rings. The first-order chi connectivity index (χ1) is 9.22. The van der Waals surface area contributed by atoms with Gasteiger partial charge in [0.2, 0.25) is 5.91 Å². The van der Waals surface area contributed by atoms with Crippen LogP contribution in [0.3, 0.4) is 0 Å². The molecule has 2 rings (SSSR count). The van der Waals surface area contributed by atoms with Gasteiger partial charge in [-0.3, -0.25) is 9.69 Å². The molecular weight excluding hydrogens is 264 g/mol. The predicted molar refractivity (Wildman–Crippen MR) is 75.1 cm³/mol. The lowest BCUT2D eigenvalue weighted by Gasteiger charge is -2.26. The minimum atomic E-state index is -0.155. The summed E-state index contributed by atoms with van der Waals surface area (Å²) < 4.78 is 5.51. The van der Waals surface area contributed by atoms with Gasteiger partial charge in [-0.15, -0.1) is 11.6 Å². The van der Waals surface area contributed by atoms with Gasteiger partial charge in [-0.1, -0.05) is 6.92 Å². The van der Waals surface area contributed by atoms with Gasteiger partial charge in [0.05, 0.1) is 12.3 Å². The van der Waals surface area contributed by atoms with Gasteiger partial charge in [0.1, 0.15) is 5.76 Å². The number of furan rings is 1. The maximum Gasteiger partial charge on any atom is 0.224 e. The standard InChI is InChI=1S/C14H21ClN2O2/c1-11(9-15)14(18)16-10-12(13-5-4-8-19-13)17-6-2-3-7-17/h4-5,8,11-12H,2-3,6-7,9-10H2,1H3,(H,16,18). The Hall–Kier alpha value is -1.00. The van der Waals surface area contributed by atoms with Gasteiger partial charge in [0.15, 0.2) is 0 Å². The van der Waals surface area contributed by atoms with Crippen molar-refractivity contribution < 1.29 is 9.21 Å². The van der Waals surface area contributed by atoms with Crippen molar-refractivity contribution in [1.82, 2.24) is 10.2 Å². The molecule has 0 saturated carbocycles. The molecule has 2 unspecified atom stereocenters. The molecule has 1 fully saturated rings. The van der Waals surface area contributed by atoms with E-state index in [1.807, 2.05) is 19.1 Å². The molecule has 5 heteroatoms. The lowest BCUT2D eigenvalue weighted by atomic mass is 10.1. The largest absolute Gasteiger partial charge is 0.468 e. The molecule has 2 heterocycles. The number of carbonyl (C=O) groups excluding carboxylic acids is 1. The van der Waals surface area contributed by atoms with Crippen molar-refractivity contribution in [2.75, 3.05) is 25.5 Å². The Morgan fingerprint density at radius 3 is 2.84 bits per heavy atom. The summed E-state index contributed by atoms with van der Waals surface area (Å²) in [5.41, 5.74) is 0. The molecule has 0 radical (unpaired) electrons. The van der Waals surface area contributed by atoms with Crippen molar-refractivity contribution >= 4 is 17.5 Å². The van der Waals surface area contributed by atoms with Crippen molar-refractivity contribution in [2.45, 2.75) is 25.8 Å². The van der Waals surface area contributed by atoms with E-state index in [1.54, 1.807) is 6.26 Å². The molecule has 106 valence electrons. The molecule has 2 atom stereocenters. The second-order valence-corrected chi connectivity index (χ2v) is 5.38. The van der Waals surface area contributed by atoms with Crippen LogP contribution in [0.2, 0.25) is 0 Å². The lowest BCUT2D eigenvalue weighted by Crippen LogP contribution is -2.38. The summed E-state index contributed by atoms with van der Waals surface area (Å²) in [5, 5.41) is 2.97. The summed E-state index contributed by atoms with van der Waals surface area (Å²) in [6, 6.07) is 3.99. The zero-order valence-electron chi connectivity index (χ0n) is 11.3. The minimum Gasteiger partial charge on any atom is -0.468 e. The predicted octanol–water partition coefficient (Wildman–Crippen LogP) is 2.41. The number of hydrogen-bond donors (Lipinski definition) is 1. The zero-order valence-corrected chi connectivity index (χ0v) is 12.0. The van der Waals surface area contributed by atoms with E-state index in [0.29, 0.717) is 12.4 Å². The fraction of sp³-hybridized carbons (Fsp3) is 0.643. The van der Waals surface area contributed by atoms with Crippen LogP contribution < -0.4 is 5.32 Å². The van der Waals surface area contributed by atoms with Crippen LogP contribution in [-0.2, 0) is 4.79 Å². The van der Waals surface area contributed by atoms with Gasteiger partial charge in [-0.2, -0.15) is 0 Å². The molecule has 1 aromatic rings. The second kappa shape index (κ2) is 6.96. The van der Waals surface area contributed by atoms with E-state index >= 15 is 0 Å². The molecule has 1 N–H and O–H groups in total. The number of halogens is 1. The fourth-order valence-corrected chi connectivity index (χ4v) is 2.53. The number of alkyl halides is 1.